The number of halogens is 2. The largest absolute Gasteiger partial charge is 0.379 e. The Balaban J connectivity index is 2.11. The van der Waals surface area contributed by atoms with Crippen molar-refractivity contribution in [3.63, 3.8) is 0 Å². The van der Waals surface area contributed by atoms with Crippen LogP contribution in [0.4, 0.5) is 0 Å². The van der Waals surface area contributed by atoms with Gasteiger partial charge in [-0.15, -0.1) is 0 Å². The van der Waals surface area contributed by atoms with Crippen LogP contribution in [0.5, 0.6) is 0 Å². The van der Waals surface area contributed by atoms with E-state index >= 15 is 0 Å². The number of rotatable bonds is 2. The van der Waals surface area contributed by atoms with Crippen LogP contribution in [0, 0.1) is 3.57 Å². The lowest BCUT2D eigenvalue weighted by Gasteiger charge is -2.23. The van der Waals surface area contributed by atoms with Crippen LogP contribution < -0.4 is 5.32 Å². The summed E-state index contributed by atoms with van der Waals surface area (Å²) in [6.07, 6.45) is 0.844. The van der Waals surface area contributed by atoms with Gasteiger partial charge in [-0.2, -0.15) is 0 Å². The van der Waals surface area contributed by atoms with Gasteiger partial charge in [-0.25, -0.2) is 0 Å². The lowest BCUT2D eigenvalue weighted by atomic mass is 10.0. The molecule has 0 aliphatic carbocycles. The average Bonchev–Trinajstić information content (AvgIpc) is 2.69. The summed E-state index contributed by atoms with van der Waals surface area (Å²) >= 11 is 8.13. The summed E-state index contributed by atoms with van der Waals surface area (Å²) in [5.41, 5.74) is 0.329. The van der Waals surface area contributed by atoms with Crippen LogP contribution in [-0.4, -0.2) is 24.7 Å². The molecular formula is C12H13ClINO2. The summed E-state index contributed by atoms with van der Waals surface area (Å²) in [5.74, 6) is -0.101. The van der Waals surface area contributed by atoms with Crippen molar-refractivity contribution in [3.05, 3.63) is 32.4 Å². The molecule has 0 saturated carbocycles. The van der Waals surface area contributed by atoms with Crippen LogP contribution in [0.3, 0.4) is 0 Å². The Kier molecular flexibility index (Phi) is 3.95. The first-order chi connectivity index (χ1) is 8.00. The maximum atomic E-state index is 12.0. The minimum absolute atomic E-state index is 0.101. The highest BCUT2D eigenvalue weighted by Crippen LogP contribution is 2.21. The average molecular weight is 366 g/mol. The van der Waals surface area contributed by atoms with E-state index in [-0.39, 0.29) is 11.4 Å². The highest BCUT2D eigenvalue weighted by molar-refractivity contribution is 14.1. The van der Waals surface area contributed by atoms with Crippen molar-refractivity contribution in [2.75, 3.05) is 13.2 Å². The molecule has 1 fully saturated rings. The van der Waals surface area contributed by atoms with E-state index in [0.717, 1.165) is 9.99 Å². The number of ether oxygens (including phenoxy) is 1. The van der Waals surface area contributed by atoms with E-state index in [1.165, 1.54) is 0 Å². The van der Waals surface area contributed by atoms with Gasteiger partial charge in [0, 0.05) is 15.7 Å². The molecular weight excluding hydrogens is 352 g/mol. The quantitative estimate of drug-likeness (QED) is 0.819. The summed E-state index contributed by atoms with van der Waals surface area (Å²) in [7, 11) is 0. The van der Waals surface area contributed by atoms with Gasteiger partial charge in [0.15, 0.2) is 0 Å². The fourth-order valence-corrected chi connectivity index (χ4v) is 2.27. The Morgan fingerprint density at radius 3 is 2.94 bits per heavy atom. The maximum absolute atomic E-state index is 12.0. The second kappa shape index (κ2) is 5.12. The zero-order chi connectivity index (χ0) is 12.5. The van der Waals surface area contributed by atoms with Crippen LogP contribution in [0.1, 0.15) is 23.7 Å². The predicted octanol–water partition coefficient (Wildman–Crippen LogP) is 2.85. The molecule has 0 aromatic heterocycles. The molecule has 1 aromatic rings. The maximum Gasteiger partial charge on any atom is 0.251 e. The van der Waals surface area contributed by atoms with Crippen LogP contribution in [0.25, 0.3) is 0 Å². The molecule has 1 aromatic carbocycles. The second-order valence-electron chi connectivity index (χ2n) is 4.45. The molecule has 1 heterocycles. The van der Waals surface area contributed by atoms with Crippen molar-refractivity contribution in [1.82, 2.24) is 5.32 Å². The first-order valence-corrected chi connectivity index (χ1v) is 6.81. The van der Waals surface area contributed by atoms with E-state index in [4.69, 9.17) is 16.3 Å². The Labute approximate surface area is 119 Å². The number of nitrogens with one attached hydrogen (secondary N) is 1. The van der Waals surface area contributed by atoms with E-state index in [9.17, 15) is 4.79 Å². The molecule has 1 saturated heterocycles. The molecule has 1 aliphatic rings. The van der Waals surface area contributed by atoms with Gasteiger partial charge in [0.25, 0.3) is 5.91 Å². The zero-order valence-electron chi connectivity index (χ0n) is 9.43. The standard InChI is InChI=1S/C12H13ClINO2/c1-12(4-5-17-7-12)15-11(16)8-2-3-10(14)9(13)6-8/h2-3,6H,4-5,7H2,1H3,(H,15,16). The number of benzene rings is 1. The van der Waals surface area contributed by atoms with Crippen LogP contribution in [0.15, 0.2) is 18.2 Å². The van der Waals surface area contributed by atoms with Gasteiger partial charge in [-0.1, -0.05) is 11.6 Å². The third-order valence-electron chi connectivity index (χ3n) is 2.82. The van der Waals surface area contributed by atoms with Crippen molar-refractivity contribution >= 4 is 40.1 Å². The number of hydrogen-bond acceptors (Lipinski definition) is 2. The molecule has 2 rings (SSSR count). The van der Waals surface area contributed by atoms with Gasteiger partial charge in [0.1, 0.15) is 0 Å². The van der Waals surface area contributed by atoms with E-state index in [1.54, 1.807) is 12.1 Å². The molecule has 92 valence electrons. The third kappa shape index (κ3) is 3.11. The number of carbonyl (C=O) groups is 1. The summed E-state index contributed by atoms with van der Waals surface area (Å²) in [4.78, 5) is 12.0. The Morgan fingerprint density at radius 1 is 1.59 bits per heavy atom. The number of hydrogen-bond donors (Lipinski definition) is 1. The lowest BCUT2D eigenvalue weighted by molar-refractivity contribution is 0.0890. The summed E-state index contributed by atoms with van der Waals surface area (Å²) < 4.78 is 6.24. The van der Waals surface area contributed by atoms with Crippen molar-refractivity contribution in [3.8, 4) is 0 Å². The smallest absolute Gasteiger partial charge is 0.251 e. The van der Waals surface area contributed by atoms with Crippen molar-refractivity contribution in [1.29, 1.82) is 0 Å². The second-order valence-corrected chi connectivity index (χ2v) is 6.02. The molecule has 0 radical (unpaired) electrons. The van der Waals surface area contributed by atoms with Crippen molar-refractivity contribution in [2.24, 2.45) is 0 Å². The molecule has 3 nitrogen and oxygen atoms in total. The molecule has 17 heavy (non-hydrogen) atoms. The van der Waals surface area contributed by atoms with Gasteiger partial charge in [0.05, 0.1) is 17.2 Å². The van der Waals surface area contributed by atoms with Gasteiger partial charge < -0.3 is 10.1 Å². The zero-order valence-corrected chi connectivity index (χ0v) is 12.3. The van der Waals surface area contributed by atoms with Gasteiger partial charge in [0.2, 0.25) is 0 Å². The van der Waals surface area contributed by atoms with Crippen molar-refractivity contribution in [2.45, 2.75) is 18.9 Å². The Hall–Kier alpha value is -0.330. The fourth-order valence-electron chi connectivity index (χ4n) is 1.75. The first-order valence-electron chi connectivity index (χ1n) is 5.35. The number of amides is 1. The molecule has 0 spiro atoms. The summed E-state index contributed by atoms with van der Waals surface area (Å²) in [5, 5.41) is 3.60. The molecule has 1 atom stereocenters. The number of carbonyl (C=O) groups excluding carboxylic acids is 1. The van der Waals surface area contributed by atoms with E-state index in [1.807, 2.05) is 13.0 Å². The van der Waals surface area contributed by atoms with Gasteiger partial charge >= 0.3 is 0 Å². The molecule has 0 bridgehead atoms. The van der Waals surface area contributed by atoms with Crippen LogP contribution in [0.2, 0.25) is 5.02 Å². The minimum atomic E-state index is -0.257. The molecule has 1 amide bonds. The fraction of sp³-hybridized carbons (Fsp3) is 0.417. The molecule has 1 N–H and O–H groups in total. The van der Waals surface area contributed by atoms with Gasteiger partial charge in [-0.05, 0) is 54.1 Å². The minimum Gasteiger partial charge on any atom is -0.379 e. The van der Waals surface area contributed by atoms with Crippen LogP contribution in [-0.2, 0) is 4.74 Å². The normalized spacial score (nSPS) is 23.7. The van der Waals surface area contributed by atoms with Gasteiger partial charge in [-0.3, -0.25) is 4.79 Å². The van der Waals surface area contributed by atoms with E-state index in [0.29, 0.717) is 23.8 Å². The van der Waals surface area contributed by atoms with Crippen LogP contribution >= 0.6 is 34.2 Å². The summed E-state index contributed by atoms with van der Waals surface area (Å²) in [6, 6.07) is 5.31. The lowest BCUT2D eigenvalue weighted by Crippen LogP contribution is -2.46. The van der Waals surface area contributed by atoms with E-state index < -0.39 is 0 Å². The predicted molar refractivity (Wildman–Crippen MR) is 75.5 cm³/mol. The highest BCUT2D eigenvalue weighted by Gasteiger charge is 2.31. The summed E-state index contributed by atoms with van der Waals surface area (Å²) in [6.45, 7) is 3.26. The monoisotopic (exact) mass is 365 g/mol. The molecule has 1 unspecified atom stereocenters. The van der Waals surface area contributed by atoms with Crippen molar-refractivity contribution < 1.29 is 9.53 Å². The highest BCUT2D eigenvalue weighted by atomic mass is 127. The first kappa shape index (κ1) is 13.1. The SMILES string of the molecule is CC1(NC(=O)c2ccc(I)c(Cl)c2)CCOC1. The molecule has 1 aliphatic heterocycles. The topological polar surface area (TPSA) is 38.3 Å². The molecule has 5 heteroatoms. The Morgan fingerprint density at radius 2 is 2.35 bits per heavy atom. The third-order valence-corrected chi connectivity index (χ3v) is 4.39. The van der Waals surface area contributed by atoms with E-state index in [2.05, 4.69) is 27.9 Å². The Bertz CT molecular complexity index is 444.